The molecule has 1 aliphatic rings. The van der Waals surface area contributed by atoms with Gasteiger partial charge in [0.15, 0.2) is 6.61 Å². The van der Waals surface area contributed by atoms with Crippen LogP contribution >= 0.6 is 0 Å². The van der Waals surface area contributed by atoms with E-state index >= 15 is 0 Å². The van der Waals surface area contributed by atoms with E-state index < -0.39 is 0 Å². The summed E-state index contributed by atoms with van der Waals surface area (Å²) in [6.07, 6.45) is 7.96. The van der Waals surface area contributed by atoms with Crippen LogP contribution in [0.25, 0.3) is 0 Å². The van der Waals surface area contributed by atoms with Crippen molar-refractivity contribution in [3.05, 3.63) is 0 Å². The molecule has 19 heavy (non-hydrogen) atoms. The van der Waals surface area contributed by atoms with Gasteiger partial charge in [-0.1, -0.05) is 26.2 Å². The molecule has 0 spiro atoms. The number of hydrogen-bond acceptors (Lipinski definition) is 3. The lowest BCUT2D eigenvalue weighted by molar-refractivity contribution is -0.143. The van der Waals surface area contributed by atoms with Crippen molar-refractivity contribution in [3.8, 4) is 0 Å². The Hall–Kier alpha value is -1.10. The van der Waals surface area contributed by atoms with Crippen molar-refractivity contribution < 1.29 is 14.4 Å². The van der Waals surface area contributed by atoms with Crippen LogP contribution in [0.4, 0.5) is 0 Å². The zero-order valence-electron chi connectivity index (χ0n) is 12.0. The molecule has 0 atom stereocenters. The van der Waals surface area contributed by atoms with Crippen LogP contribution in [0, 0.1) is 11.8 Å². The van der Waals surface area contributed by atoms with E-state index in [4.69, 9.17) is 4.84 Å². The number of unbranched alkanes of at least 4 members (excludes halogenated alkanes) is 1. The minimum Gasteiger partial charge on any atom is -0.357 e. The molecule has 1 fully saturated rings. The van der Waals surface area contributed by atoms with E-state index in [1.54, 1.807) is 0 Å². The van der Waals surface area contributed by atoms with Crippen molar-refractivity contribution in [3.63, 3.8) is 0 Å². The summed E-state index contributed by atoms with van der Waals surface area (Å²) < 4.78 is 0. The highest BCUT2D eigenvalue weighted by molar-refractivity contribution is 5.79. The molecule has 110 valence electrons. The van der Waals surface area contributed by atoms with Gasteiger partial charge in [-0.2, -0.15) is 0 Å². The van der Waals surface area contributed by atoms with Gasteiger partial charge >= 0.3 is 0 Å². The summed E-state index contributed by atoms with van der Waals surface area (Å²) >= 11 is 0. The Kier molecular flexibility index (Phi) is 7.48. The number of hydrogen-bond donors (Lipinski definition) is 2. The molecule has 0 bridgehead atoms. The number of nitrogens with one attached hydrogen (secondary N) is 2. The first-order chi connectivity index (χ1) is 9.17. The van der Waals surface area contributed by atoms with Gasteiger partial charge < -0.3 is 5.32 Å². The molecule has 5 nitrogen and oxygen atoms in total. The number of hydroxylamine groups is 1. The van der Waals surface area contributed by atoms with E-state index in [1.807, 2.05) is 0 Å². The third kappa shape index (κ3) is 6.05. The fourth-order valence-electron chi connectivity index (χ4n) is 2.53. The van der Waals surface area contributed by atoms with E-state index in [0.717, 1.165) is 31.6 Å². The number of likely N-dealkylation sites (N-methyl/N-ethyl adjacent to an activating group) is 1. The van der Waals surface area contributed by atoms with Gasteiger partial charge in [-0.25, -0.2) is 5.48 Å². The normalized spacial score (nSPS) is 22.8. The standard InChI is InChI=1S/C14H26N2O3/c1-3-4-5-11-6-8-12(9-7-11)14(18)16-19-10-13(17)15-2/h11-12H,3-10H2,1-2H3,(H,15,17)(H,16,18). The van der Waals surface area contributed by atoms with Crippen molar-refractivity contribution >= 4 is 11.8 Å². The second-order valence-electron chi connectivity index (χ2n) is 5.29. The SMILES string of the molecule is CCCCC1CCC(C(=O)NOCC(=O)NC)CC1. The first-order valence-corrected chi connectivity index (χ1v) is 7.29. The molecule has 1 saturated carbocycles. The molecule has 2 amide bonds. The highest BCUT2D eigenvalue weighted by atomic mass is 16.7. The highest BCUT2D eigenvalue weighted by Gasteiger charge is 2.26. The van der Waals surface area contributed by atoms with Gasteiger partial charge in [-0.05, 0) is 31.6 Å². The number of amides is 2. The average molecular weight is 270 g/mol. The van der Waals surface area contributed by atoms with Gasteiger partial charge in [-0.3, -0.25) is 14.4 Å². The lowest BCUT2D eigenvalue weighted by Gasteiger charge is -2.27. The predicted molar refractivity (Wildman–Crippen MR) is 73.1 cm³/mol. The molecule has 5 heteroatoms. The van der Waals surface area contributed by atoms with Gasteiger partial charge in [0.1, 0.15) is 0 Å². The Morgan fingerprint density at radius 1 is 1.21 bits per heavy atom. The van der Waals surface area contributed by atoms with Gasteiger partial charge in [0.2, 0.25) is 11.8 Å². The second kappa shape index (κ2) is 8.91. The van der Waals surface area contributed by atoms with E-state index in [9.17, 15) is 9.59 Å². The van der Waals surface area contributed by atoms with Crippen LogP contribution in [0.1, 0.15) is 51.9 Å². The molecule has 0 aromatic rings. The summed E-state index contributed by atoms with van der Waals surface area (Å²) in [4.78, 5) is 27.6. The Morgan fingerprint density at radius 3 is 2.47 bits per heavy atom. The minimum atomic E-state index is -0.247. The summed E-state index contributed by atoms with van der Waals surface area (Å²) in [5.74, 6) is 0.500. The molecule has 2 N–H and O–H groups in total. The summed E-state index contributed by atoms with van der Waals surface area (Å²) in [5.41, 5.74) is 2.38. The minimum absolute atomic E-state index is 0.0440. The maximum absolute atomic E-state index is 11.8. The van der Waals surface area contributed by atoms with Crippen molar-refractivity contribution in [2.75, 3.05) is 13.7 Å². The molecular weight excluding hydrogens is 244 g/mol. The molecule has 0 saturated heterocycles. The molecule has 0 aromatic heterocycles. The van der Waals surface area contributed by atoms with Gasteiger partial charge in [0.25, 0.3) is 0 Å². The van der Waals surface area contributed by atoms with Crippen molar-refractivity contribution in [2.45, 2.75) is 51.9 Å². The fourth-order valence-corrected chi connectivity index (χ4v) is 2.53. The summed E-state index contributed by atoms with van der Waals surface area (Å²) in [5, 5.41) is 2.43. The van der Waals surface area contributed by atoms with Gasteiger partial charge in [-0.15, -0.1) is 0 Å². The number of carbonyl (C=O) groups excluding carboxylic acids is 2. The van der Waals surface area contributed by atoms with Crippen molar-refractivity contribution in [2.24, 2.45) is 11.8 Å². The quantitative estimate of drug-likeness (QED) is 0.693. The van der Waals surface area contributed by atoms with Crippen molar-refractivity contribution in [1.82, 2.24) is 10.8 Å². The zero-order valence-corrected chi connectivity index (χ0v) is 12.0. The van der Waals surface area contributed by atoms with Crippen LogP contribution in [-0.4, -0.2) is 25.5 Å². The van der Waals surface area contributed by atoms with Crippen LogP contribution in [0.2, 0.25) is 0 Å². The predicted octanol–water partition coefficient (Wildman–Crippen LogP) is 1.78. The van der Waals surface area contributed by atoms with Crippen LogP contribution in [-0.2, 0) is 14.4 Å². The smallest absolute Gasteiger partial charge is 0.248 e. The molecule has 0 heterocycles. The highest BCUT2D eigenvalue weighted by Crippen LogP contribution is 2.31. The second-order valence-corrected chi connectivity index (χ2v) is 5.29. The number of carbonyl (C=O) groups is 2. The van der Waals surface area contributed by atoms with Crippen LogP contribution in [0.3, 0.4) is 0 Å². The van der Waals surface area contributed by atoms with Crippen molar-refractivity contribution in [1.29, 1.82) is 0 Å². The van der Waals surface area contributed by atoms with Gasteiger partial charge in [0.05, 0.1) is 0 Å². The van der Waals surface area contributed by atoms with E-state index in [-0.39, 0.29) is 24.3 Å². The fraction of sp³-hybridized carbons (Fsp3) is 0.857. The summed E-state index contributed by atoms with van der Waals surface area (Å²) in [6.45, 7) is 2.08. The summed E-state index contributed by atoms with van der Waals surface area (Å²) in [6, 6.07) is 0. The van der Waals surface area contributed by atoms with Gasteiger partial charge in [0, 0.05) is 13.0 Å². The lowest BCUT2D eigenvalue weighted by atomic mass is 9.79. The van der Waals surface area contributed by atoms with Crippen LogP contribution in [0.15, 0.2) is 0 Å². The molecule has 0 aromatic carbocycles. The molecule has 0 aliphatic heterocycles. The van der Waals surface area contributed by atoms with E-state index in [2.05, 4.69) is 17.7 Å². The Balaban J connectivity index is 2.16. The third-order valence-corrected chi connectivity index (χ3v) is 3.84. The third-order valence-electron chi connectivity index (χ3n) is 3.84. The summed E-state index contributed by atoms with van der Waals surface area (Å²) in [7, 11) is 1.53. The lowest BCUT2D eigenvalue weighted by Crippen LogP contribution is -2.36. The average Bonchev–Trinajstić information content (AvgIpc) is 2.45. The topological polar surface area (TPSA) is 67.4 Å². The number of rotatable bonds is 7. The first kappa shape index (κ1) is 16.0. The van der Waals surface area contributed by atoms with E-state index in [0.29, 0.717) is 0 Å². The maximum atomic E-state index is 11.8. The molecule has 1 rings (SSSR count). The molecule has 0 unspecified atom stereocenters. The Morgan fingerprint density at radius 2 is 1.89 bits per heavy atom. The first-order valence-electron chi connectivity index (χ1n) is 7.29. The monoisotopic (exact) mass is 270 g/mol. The Bertz CT molecular complexity index is 286. The molecule has 0 radical (unpaired) electrons. The largest absolute Gasteiger partial charge is 0.357 e. The maximum Gasteiger partial charge on any atom is 0.248 e. The molecular formula is C14H26N2O3. The van der Waals surface area contributed by atoms with Crippen LogP contribution in [0.5, 0.6) is 0 Å². The van der Waals surface area contributed by atoms with E-state index in [1.165, 1.54) is 26.3 Å². The van der Waals surface area contributed by atoms with Crippen LogP contribution < -0.4 is 10.8 Å². The Labute approximate surface area is 115 Å². The zero-order chi connectivity index (χ0) is 14.1. The molecule has 1 aliphatic carbocycles.